The van der Waals surface area contributed by atoms with Gasteiger partial charge >= 0.3 is 0 Å². The number of primary sulfonamides is 1. The molecular formula is C9H11N3O5S. The van der Waals surface area contributed by atoms with Gasteiger partial charge in [-0.3, -0.25) is 10.1 Å². The zero-order valence-electron chi connectivity index (χ0n) is 9.24. The molecule has 0 unspecified atom stereocenters. The third kappa shape index (κ3) is 2.03. The lowest BCUT2D eigenvalue weighted by Crippen LogP contribution is -2.22. The molecule has 1 aromatic carbocycles. The number of aliphatic hydroxyl groups excluding tert-OH is 1. The fourth-order valence-electron chi connectivity index (χ4n) is 2.02. The molecule has 0 bridgehead atoms. The summed E-state index contributed by atoms with van der Waals surface area (Å²) in [5, 5.41) is 25.0. The Kier molecular flexibility index (Phi) is 2.97. The molecule has 1 heterocycles. The molecule has 0 aliphatic carbocycles. The first-order valence-corrected chi connectivity index (χ1v) is 6.59. The first-order valence-electron chi connectivity index (χ1n) is 5.04. The van der Waals surface area contributed by atoms with Crippen LogP contribution in [0.1, 0.15) is 5.56 Å². The Hall–Kier alpha value is -1.71. The molecule has 1 aliphatic rings. The minimum atomic E-state index is -3.99. The van der Waals surface area contributed by atoms with Crippen molar-refractivity contribution in [3.05, 3.63) is 27.8 Å². The van der Waals surface area contributed by atoms with E-state index in [1.54, 1.807) is 0 Å². The Bertz CT molecular complexity index is 613. The maximum Gasteiger partial charge on any atom is 0.294 e. The van der Waals surface area contributed by atoms with Crippen LogP contribution >= 0.6 is 0 Å². The first kappa shape index (κ1) is 12.7. The summed E-state index contributed by atoms with van der Waals surface area (Å²) in [6.45, 7) is 0.0449. The van der Waals surface area contributed by atoms with Crippen LogP contribution in [0, 0.1) is 10.1 Å². The van der Waals surface area contributed by atoms with E-state index in [-0.39, 0.29) is 23.0 Å². The summed E-state index contributed by atoms with van der Waals surface area (Å²) >= 11 is 0. The molecule has 1 aromatic rings. The molecule has 18 heavy (non-hydrogen) atoms. The lowest BCUT2D eigenvalue weighted by molar-refractivity contribution is -0.384. The third-order valence-corrected chi connectivity index (χ3v) is 3.70. The van der Waals surface area contributed by atoms with Crippen LogP contribution in [0.3, 0.4) is 0 Å². The van der Waals surface area contributed by atoms with Crippen molar-refractivity contribution < 1.29 is 18.4 Å². The Morgan fingerprint density at radius 1 is 1.50 bits per heavy atom. The van der Waals surface area contributed by atoms with E-state index < -0.39 is 14.9 Å². The SMILES string of the molecule is NS(=O)(=O)c1cc2c(c([N+](=O)[O-])c1)N(CO)CC2. The predicted octanol–water partition coefficient (Wildman–Crippen LogP) is -0.446. The highest BCUT2D eigenvalue weighted by molar-refractivity contribution is 7.89. The van der Waals surface area contributed by atoms with Gasteiger partial charge in [0.1, 0.15) is 12.4 Å². The van der Waals surface area contributed by atoms with Crippen molar-refractivity contribution in [3.8, 4) is 0 Å². The summed E-state index contributed by atoms with van der Waals surface area (Å²) in [6.07, 6.45) is 0.431. The van der Waals surface area contributed by atoms with E-state index in [9.17, 15) is 18.5 Å². The van der Waals surface area contributed by atoms with Crippen LogP contribution in [0.15, 0.2) is 17.0 Å². The molecule has 2 rings (SSSR count). The number of nitrogens with two attached hydrogens (primary N) is 1. The summed E-state index contributed by atoms with van der Waals surface area (Å²) in [5.41, 5.74) is 0.403. The number of nitro benzene ring substituents is 1. The zero-order valence-corrected chi connectivity index (χ0v) is 10.1. The number of anilines is 1. The molecular weight excluding hydrogens is 262 g/mol. The average molecular weight is 273 g/mol. The number of nitro groups is 1. The number of hydrogen-bond donors (Lipinski definition) is 2. The van der Waals surface area contributed by atoms with Gasteiger partial charge in [-0.05, 0) is 18.1 Å². The van der Waals surface area contributed by atoms with Crippen LogP contribution < -0.4 is 10.0 Å². The fraction of sp³-hybridized carbons (Fsp3) is 0.333. The Balaban J connectivity index is 2.70. The first-order chi connectivity index (χ1) is 8.34. The second-order valence-electron chi connectivity index (χ2n) is 3.91. The van der Waals surface area contributed by atoms with Crippen molar-refractivity contribution in [2.75, 3.05) is 18.2 Å². The molecule has 0 amide bonds. The van der Waals surface area contributed by atoms with Gasteiger partial charge in [-0.2, -0.15) is 0 Å². The fourth-order valence-corrected chi connectivity index (χ4v) is 2.60. The van der Waals surface area contributed by atoms with Gasteiger partial charge in [0.2, 0.25) is 10.0 Å². The van der Waals surface area contributed by atoms with Gasteiger partial charge in [-0.1, -0.05) is 0 Å². The normalized spacial score (nSPS) is 14.7. The van der Waals surface area contributed by atoms with Crippen molar-refractivity contribution in [3.63, 3.8) is 0 Å². The second kappa shape index (κ2) is 4.19. The molecule has 1 aliphatic heterocycles. The lowest BCUT2D eigenvalue weighted by atomic mass is 10.1. The smallest absolute Gasteiger partial charge is 0.294 e. The van der Waals surface area contributed by atoms with Crippen LogP contribution in [0.2, 0.25) is 0 Å². The topological polar surface area (TPSA) is 127 Å². The van der Waals surface area contributed by atoms with Crippen molar-refractivity contribution >= 4 is 21.4 Å². The molecule has 0 radical (unpaired) electrons. The molecule has 8 nitrogen and oxygen atoms in total. The number of benzene rings is 1. The van der Waals surface area contributed by atoms with Crippen molar-refractivity contribution in [1.29, 1.82) is 0 Å². The van der Waals surface area contributed by atoms with Gasteiger partial charge in [0, 0.05) is 12.6 Å². The summed E-state index contributed by atoms with van der Waals surface area (Å²) in [5.74, 6) is 0. The third-order valence-electron chi connectivity index (χ3n) is 2.81. The quantitative estimate of drug-likeness (QED) is 0.567. The number of hydrogen-bond acceptors (Lipinski definition) is 6. The summed E-state index contributed by atoms with van der Waals surface area (Å²) in [4.78, 5) is 11.4. The van der Waals surface area contributed by atoms with E-state index in [0.29, 0.717) is 18.5 Å². The molecule has 98 valence electrons. The van der Waals surface area contributed by atoms with Crippen LogP contribution in [0.4, 0.5) is 11.4 Å². The van der Waals surface area contributed by atoms with Crippen LogP contribution in [-0.4, -0.2) is 31.7 Å². The molecule has 0 saturated heterocycles. The van der Waals surface area contributed by atoms with Crippen molar-refractivity contribution in [2.45, 2.75) is 11.3 Å². The van der Waals surface area contributed by atoms with E-state index in [1.165, 1.54) is 11.0 Å². The number of sulfonamides is 1. The Labute approximate surface area is 103 Å². The number of aliphatic hydroxyl groups is 1. The Morgan fingerprint density at radius 2 is 2.17 bits per heavy atom. The van der Waals surface area contributed by atoms with Crippen molar-refractivity contribution in [1.82, 2.24) is 0 Å². The van der Waals surface area contributed by atoms with Gasteiger partial charge < -0.3 is 10.0 Å². The van der Waals surface area contributed by atoms with E-state index in [0.717, 1.165) is 6.07 Å². The highest BCUT2D eigenvalue weighted by Gasteiger charge is 2.30. The zero-order chi connectivity index (χ0) is 13.5. The molecule has 9 heteroatoms. The standard InChI is InChI=1S/C9H11N3O5S/c10-18(16,17)7-3-6-1-2-11(5-13)9(6)8(4-7)12(14)15/h3-4,13H,1-2,5H2,(H2,10,16,17). The number of rotatable bonds is 3. The summed E-state index contributed by atoms with van der Waals surface area (Å²) in [6, 6.07) is 2.23. The van der Waals surface area contributed by atoms with Gasteiger partial charge in [-0.25, -0.2) is 13.6 Å². The molecule has 0 saturated carbocycles. The molecule has 0 atom stereocenters. The maximum absolute atomic E-state index is 11.3. The highest BCUT2D eigenvalue weighted by atomic mass is 32.2. The van der Waals surface area contributed by atoms with Crippen LogP contribution in [-0.2, 0) is 16.4 Å². The molecule has 0 aromatic heterocycles. The summed E-state index contributed by atoms with van der Waals surface area (Å²) in [7, 11) is -3.99. The number of fused-ring (bicyclic) bond motifs is 1. The summed E-state index contributed by atoms with van der Waals surface area (Å²) < 4.78 is 22.5. The molecule has 0 spiro atoms. The maximum atomic E-state index is 11.3. The van der Waals surface area contributed by atoms with E-state index in [2.05, 4.69) is 0 Å². The molecule has 0 fully saturated rings. The predicted molar refractivity (Wildman–Crippen MR) is 62.6 cm³/mol. The van der Waals surface area contributed by atoms with E-state index in [4.69, 9.17) is 10.2 Å². The van der Waals surface area contributed by atoms with Gasteiger partial charge in [0.25, 0.3) is 5.69 Å². The van der Waals surface area contributed by atoms with Gasteiger partial charge in [0.05, 0.1) is 9.82 Å². The highest BCUT2D eigenvalue weighted by Crippen LogP contribution is 2.38. The second-order valence-corrected chi connectivity index (χ2v) is 5.47. The van der Waals surface area contributed by atoms with E-state index in [1.807, 2.05) is 0 Å². The van der Waals surface area contributed by atoms with Crippen LogP contribution in [0.5, 0.6) is 0 Å². The minimum absolute atomic E-state index is 0.259. The van der Waals surface area contributed by atoms with E-state index >= 15 is 0 Å². The number of nitrogens with zero attached hydrogens (tertiary/aromatic N) is 2. The lowest BCUT2D eigenvalue weighted by Gasteiger charge is -2.15. The van der Waals surface area contributed by atoms with Crippen molar-refractivity contribution in [2.24, 2.45) is 5.14 Å². The largest absolute Gasteiger partial charge is 0.376 e. The Morgan fingerprint density at radius 3 is 2.67 bits per heavy atom. The minimum Gasteiger partial charge on any atom is -0.376 e. The van der Waals surface area contributed by atoms with Gasteiger partial charge in [0.15, 0.2) is 0 Å². The molecule has 3 N–H and O–H groups in total. The van der Waals surface area contributed by atoms with Crippen LogP contribution in [0.25, 0.3) is 0 Å². The monoisotopic (exact) mass is 273 g/mol. The van der Waals surface area contributed by atoms with Gasteiger partial charge in [-0.15, -0.1) is 0 Å². The average Bonchev–Trinajstić information content (AvgIpc) is 2.69.